The molecule has 27 heavy (non-hydrogen) atoms. The van der Waals surface area contributed by atoms with E-state index in [1.165, 1.54) is 25.1 Å². The highest BCUT2D eigenvalue weighted by Gasteiger charge is 2.41. The monoisotopic (exact) mass is 371 g/mol. The van der Waals surface area contributed by atoms with E-state index in [1.807, 2.05) is 9.47 Å². The first kappa shape index (κ1) is 16.7. The second kappa shape index (κ2) is 5.79. The van der Waals surface area contributed by atoms with Gasteiger partial charge in [0, 0.05) is 36.8 Å². The Morgan fingerprint density at radius 3 is 2.56 bits per heavy atom. The number of halogens is 1. The van der Waals surface area contributed by atoms with E-state index in [1.54, 1.807) is 6.07 Å². The fourth-order valence-corrected chi connectivity index (χ4v) is 4.48. The van der Waals surface area contributed by atoms with E-state index in [0.29, 0.717) is 29.6 Å². The van der Waals surface area contributed by atoms with E-state index >= 15 is 0 Å². The van der Waals surface area contributed by atoms with Crippen molar-refractivity contribution in [1.82, 2.24) is 4.57 Å². The number of nitrogens with zero attached hydrogens (tertiary/aromatic N) is 2. The van der Waals surface area contributed by atoms with Crippen molar-refractivity contribution in [3.05, 3.63) is 39.9 Å². The van der Waals surface area contributed by atoms with Crippen LogP contribution in [-0.4, -0.2) is 34.8 Å². The van der Waals surface area contributed by atoms with Gasteiger partial charge < -0.3 is 20.3 Å². The molecule has 1 aromatic heterocycles. The molecule has 1 aliphatic heterocycles. The van der Waals surface area contributed by atoms with Gasteiger partial charge in [0.2, 0.25) is 5.43 Å². The molecule has 1 aromatic carbocycles. The number of hydrogen-bond donors (Lipinski definition) is 2. The standard InChI is InChI=1S/C20H22FN3O3/c21-15-5-12-17(24(11-3-4-11)8-14(19(12)25)20(26)27)6-18(15)23-7-13(10-1-2-10)16(22)9-23/h5-6,8,10-11,13,16H,1-4,7,9,22H2,(H,26,27)/t13-,16+/m1/s1. The summed E-state index contributed by atoms with van der Waals surface area (Å²) in [5.74, 6) is -0.733. The Balaban J connectivity index is 1.64. The molecular formula is C20H22FN3O3. The first-order valence-electron chi connectivity index (χ1n) is 9.56. The molecule has 1 saturated heterocycles. The van der Waals surface area contributed by atoms with Gasteiger partial charge in [0.15, 0.2) is 0 Å². The highest BCUT2D eigenvalue weighted by atomic mass is 19.1. The van der Waals surface area contributed by atoms with Gasteiger partial charge in [-0.1, -0.05) is 0 Å². The number of nitrogens with two attached hydrogens (primary N) is 1. The fourth-order valence-electron chi connectivity index (χ4n) is 4.48. The summed E-state index contributed by atoms with van der Waals surface area (Å²) in [7, 11) is 0. The molecule has 2 atom stereocenters. The Bertz CT molecular complexity index is 1010. The van der Waals surface area contributed by atoms with Crippen molar-refractivity contribution in [3.63, 3.8) is 0 Å². The van der Waals surface area contributed by atoms with E-state index in [9.17, 15) is 19.1 Å². The second-order valence-electron chi connectivity index (χ2n) is 8.21. The molecule has 0 spiro atoms. The molecule has 3 aliphatic rings. The minimum Gasteiger partial charge on any atom is -0.477 e. The van der Waals surface area contributed by atoms with Crippen molar-refractivity contribution in [1.29, 1.82) is 0 Å². The van der Waals surface area contributed by atoms with E-state index in [-0.39, 0.29) is 23.0 Å². The molecule has 3 N–H and O–H groups in total. The number of carboxylic acids is 1. The van der Waals surface area contributed by atoms with Gasteiger partial charge in [-0.15, -0.1) is 0 Å². The first-order valence-corrected chi connectivity index (χ1v) is 9.56. The van der Waals surface area contributed by atoms with Crippen LogP contribution in [0.5, 0.6) is 0 Å². The molecule has 142 valence electrons. The molecule has 0 amide bonds. The van der Waals surface area contributed by atoms with Crippen molar-refractivity contribution < 1.29 is 14.3 Å². The van der Waals surface area contributed by atoms with E-state index in [4.69, 9.17) is 5.73 Å². The van der Waals surface area contributed by atoms with Crippen LogP contribution in [0.3, 0.4) is 0 Å². The van der Waals surface area contributed by atoms with Crippen molar-refractivity contribution in [2.24, 2.45) is 17.6 Å². The molecule has 2 aliphatic carbocycles. The van der Waals surface area contributed by atoms with E-state index in [2.05, 4.69) is 0 Å². The van der Waals surface area contributed by atoms with Crippen LogP contribution in [0.2, 0.25) is 0 Å². The zero-order chi connectivity index (χ0) is 18.9. The number of aromatic carboxylic acids is 1. The van der Waals surface area contributed by atoms with Crippen LogP contribution in [0.25, 0.3) is 10.9 Å². The predicted octanol–water partition coefficient (Wildman–Crippen LogP) is 2.35. The number of fused-ring (bicyclic) bond motifs is 1. The average Bonchev–Trinajstić information content (AvgIpc) is 3.53. The molecule has 5 rings (SSSR count). The molecule has 0 unspecified atom stereocenters. The molecular weight excluding hydrogens is 349 g/mol. The first-order chi connectivity index (χ1) is 12.9. The van der Waals surface area contributed by atoms with Gasteiger partial charge in [-0.05, 0) is 49.7 Å². The van der Waals surface area contributed by atoms with Crippen molar-refractivity contribution >= 4 is 22.6 Å². The zero-order valence-corrected chi connectivity index (χ0v) is 14.9. The van der Waals surface area contributed by atoms with Crippen LogP contribution in [-0.2, 0) is 0 Å². The quantitative estimate of drug-likeness (QED) is 0.861. The van der Waals surface area contributed by atoms with Crippen LogP contribution in [0.15, 0.2) is 23.1 Å². The largest absolute Gasteiger partial charge is 0.477 e. The molecule has 2 saturated carbocycles. The summed E-state index contributed by atoms with van der Waals surface area (Å²) >= 11 is 0. The van der Waals surface area contributed by atoms with Crippen LogP contribution in [0.4, 0.5) is 10.1 Å². The Morgan fingerprint density at radius 2 is 1.93 bits per heavy atom. The van der Waals surface area contributed by atoms with Gasteiger partial charge in [0.05, 0.1) is 11.2 Å². The highest BCUT2D eigenvalue weighted by molar-refractivity contribution is 5.93. The minimum atomic E-state index is -1.28. The normalized spacial score (nSPS) is 25.3. The van der Waals surface area contributed by atoms with Crippen LogP contribution >= 0.6 is 0 Å². The van der Waals surface area contributed by atoms with E-state index < -0.39 is 17.2 Å². The SMILES string of the molecule is N[C@H]1CN(c2cc3c(cc2F)c(=O)c(C(=O)O)cn3C2CC2)C[C@@H]1C1CC1. The lowest BCUT2D eigenvalue weighted by Crippen LogP contribution is -2.30. The average molecular weight is 371 g/mol. The Kier molecular flexibility index (Phi) is 3.59. The minimum absolute atomic E-state index is 0.0348. The number of anilines is 1. The molecule has 2 heterocycles. The Labute approximate surface area is 155 Å². The number of rotatable bonds is 4. The lowest BCUT2D eigenvalue weighted by molar-refractivity contribution is 0.0695. The lowest BCUT2D eigenvalue weighted by Gasteiger charge is -2.21. The maximum atomic E-state index is 14.9. The smallest absolute Gasteiger partial charge is 0.341 e. The molecule has 0 radical (unpaired) electrons. The molecule has 6 nitrogen and oxygen atoms in total. The number of pyridine rings is 1. The third-order valence-corrected chi connectivity index (χ3v) is 6.25. The van der Waals surface area contributed by atoms with Crippen molar-refractivity contribution in [3.8, 4) is 0 Å². The molecule has 3 fully saturated rings. The van der Waals surface area contributed by atoms with Crippen molar-refractivity contribution in [2.75, 3.05) is 18.0 Å². The highest BCUT2D eigenvalue weighted by Crippen LogP contribution is 2.43. The third kappa shape index (κ3) is 2.72. The molecule has 2 aromatic rings. The molecule has 7 heteroatoms. The summed E-state index contributed by atoms with van der Waals surface area (Å²) in [6.07, 6.45) is 5.68. The predicted molar refractivity (Wildman–Crippen MR) is 99.8 cm³/mol. The Morgan fingerprint density at radius 1 is 1.19 bits per heavy atom. The summed E-state index contributed by atoms with van der Waals surface area (Å²) in [6.45, 7) is 1.33. The topological polar surface area (TPSA) is 88.6 Å². The lowest BCUT2D eigenvalue weighted by atomic mass is 9.99. The molecule has 0 bridgehead atoms. The second-order valence-corrected chi connectivity index (χ2v) is 8.21. The van der Waals surface area contributed by atoms with Gasteiger partial charge >= 0.3 is 5.97 Å². The van der Waals surface area contributed by atoms with Gasteiger partial charge in [0.1, 0.15) is 11.4 Å². The number of aromatic nitrogens is 1. The number of carboxylic acid groups (broad SMARTS) is 1. The fraction of sp³-hybridized carbons (Fsp3) is 0.500. The summed E-state index contributed by atoms with van der Waals surface area (Å²) in [6, 6.07) is 3.11. The summed E-state index contributed by atoms with van der Waals surface area (Å²) in [5, 5.41) is 9.47. The number of carbonyl (C=O) groups is 1. The zero-order valence-electron chi connectivity index (χ0n) is 14.9. The third-order valence-electron chi connectivity index (χ3n) is 6.25. The number of hydrogen-bond acceptors (Lipinski definition) is 4. The van der Waals surface area contributed by atoms with Crippen LogP contribution in [0, 0.1) is 17.7 Å². The van der Waals surface area contributed by atoms with Gasteiger partial charge in [-0.3, -0.25) is 4.79 Å². The maximum absolute atomic E-state index is 14.9. The number of benzene rings is 1. The van der Waals surface area contributed by atoms with Gasteiger partial charge in [-0.2, -0.15) is 0 Å². The van der Waals surface area contributed by atoms with Gasteiger partial charge in [-0.25, -0.2) is 9.18 Å². The maximum Gasteiger partial charge on any atom is 0.341 e. The van der Waals surface area contributed by atoms with Crippen LogP contribution in [0.1, 0.15) is 42.1 Å². The summed E-state index contributed by atoms with van der Waals surface area (Å²) in [5.41, 5.74) is 6.41. The summed E-state index contributed by atoms with van der Waals surface area (Å²) < 4.78 is 16.8. The summed E-state index contributed by atoms with van der Waals surface area (Å²) in [4.78, 5) is 26.0. The van der Waals surface area contributed by atoms with Gasteiger partial charge in [0.25, 0.3) is 0 Å². The van der Waals surface area contributed by atoms with Crippen molar-refractivity contribution in [2.45, 2.75) is 37.8 Å². The Hall–Kier alpha value is -2.41. The van der Waals surface area contributed by atoms with E-state index in [0.717, 1.165) is 19.4 Å². The van der Waals surface area contributed by atoms with Crippen LogP contribution < -0.4 is 16.1 Å².